The lowest BCUT2D eigenvalue weighted by Crippen LogP contribution is -2.26. The Hall–Kier alpha value is -2.22. The van der Waals surface area contributed by atoms with E-state index in [0.717, 1.165) is 0 Å². The molecule has 0 bridgehead atoms. The van der Waals surface area contributed by atoms with E-state index >= 15 is 0 Å². The van der Waals surface area contributed by atoms with Crippen molar-refractivity contribution in [2.75, 3.05) is 13.1 Å². The quantitative estimate of drug-likeness (QED) is 0.197. The Labute approximate surface area is 221 Å². The average Bonchev–Trinajstić information content (AvgIpc) is 3.19. The van der Waals surface area contributed by atoms with Gasteiger partial charge in [0.1, 0.15) is 13.1 Å². The van der Waals surface area contributed by atoms with Crippen molar-refractivity contribution in [1.82, 2.24) is 0 Å². The molecule has 0 radical (unpaired) electrons. The van der Waals surface area contributed by atoms with Crippen molar-refractivity contribution in [3.63, 3.8) is 0 Å². The Morgan fingerprint density at radius 2 is 0.778 bits per heavy atom. The number of fused-ring (bicyclic) bond motifs is 2. The van der Waals surface area contributed by atoms with Gasteiger partial charge in [-0.25, -0.2) is 0 Å². The third-order valence-electron chi connectivity index (χ3n) is 9.37. The van der Waals surface area contributed by atoms with E-state index in [4.69, 9.17) is 0 Å². The van der Waals surface area contributed by atoms with Crippen LogP contribution in [0.5, 0.6) is 0 Å². The third-order valence-corrected chi connectivity index (χ3v) is 9.37. The maximum atomic E-state index is 2.58. The highest BCUT2D eigenvalue weighted by molar-refractivity contribution is 5.93. The summed E-state index contributed by atoms with van der Waals surface area (Å²) in [5, 5.41) is 0. The van der Waals surface area contributed by atoms with Crippen molar-refractivity contribution in [1.29, 1.82) is 0 Å². The van der Waals surface area contributed by atoms with Crippen molar-refractivity contribution in [3.05, 3.63) is 59.7 Å². The molecule has 0 unspecified atom stereocenters. The van der Waals surface area contributed by atoms with Crippen LogP contribution in [-0.4, -0.2) is 33.7 Å². The predicted molar refractivity (Wildman–Crippen MR) is 156 cm³/mol. The fourth-order valence-electron chi connectivity index (χ4n) is 6.43. The summed E-state index contributed by atoms with van der Waals surface area (Å²) in [4.78, 5) is 0. The van der Waals surface area contributed by atoms with Crippen LogP contribution in [0.25, 0.3) is 0 Å². The first-order valence-electron chi connectivity index (χ1n) is 14.7. The molecule has 194 valence electrons. The van der Waals surface area contributed by atoms with E-state index in [1.807, 2.05) is 0 Å². The molecule has 36 heavy (non-hydrogen) atoms. The van der Waals surface area contributed by atoms with E-state index in [2.05, 4.69) is 99.2 Å². The first kappa shape index (κ1) is 26.8. The fourth-order valence-corrected chi connectivity index (χ4v) is 6.43. The molecule has 2 heteroatoms. The average molecular weight is 487 g/mol. The van der Waals surface area contributed by atoms with Gasteiger partial charge in [0, 0.05) is 49.9 Å². The molecule has 2 aliphatic heterocycles. The summed E-state index contributed by atoms with van der Waals surface area (Å²) in [6, 6.07) is 18.0. The molecule has 2 nitrogen and oxygen atoms in total. The molecule has 2 heterocycles. The summed E-state index contributed by atoms with van der Waals surface area (Å²) < 4.78 is 5.16. The number of nitrogens with zero attached hydrogens (tertiary/aromatic N) is 2. The maximum absolute atomic E-state index is 2.58. The lowest BCUT2D eigenvalue weighted by atomic mass is 9.82. The monoisotopic (exact) mass is 486 g/mol. The number of para-hydroxylation sites is 2. The zero-order valence-corrected chi connectivity index (χ0v) is 24.0. The Bertz CT molecular complexity index is 1030. The van der Waals surface area contributed by atoms with Crippen LogP contribution in [0, 0.1) is 0 Å². The summed E-state index contributed by atoms with van der Waals surface area (Å²) >= 11 is 0. The molecular formula is C34H50N2+2. The fraction of sp³-hybridized carbons (Fsp3) is 0.588. The zero-order valence-electron chi connectivity index (χ0n) is 24.0. The van der Waals surface area contributed by atoms with Crippen LogP contribution >= 0.6 is 0 Å². The van der Waals surface area contributed by atoms with E-state index in [0.29, 0.717) is 0 Å². The second kappa shape index (κ2) is 11.4. The minimum atomic E-state index is 0.170. The summed E-state index contributed by atoms with van der Waals surface area (Å²) in [7, 11) is 0. The molecule has 0 fully saturated rings. The number of hydrogen-bond donors (Lipinski definition) is 0. The van der Waals surface area contributed by atoms with Gasteiger partial charge in [-0.2, -0.15) is 9.15 Å². The minimum absolute atomic E-state index is 0.170. The maximum Gasteiger partial charge on any atom is 0.209 e. The van der Waals surface area contributed by atoms with E-state index in [9.17, 15) is 0 Å². The van der Waals surface area contributed by atoms with Gasteiger partial charge >= 0.3 is 0 Å². The van der Waals surface area contributed by atoms with Gasteiger partial charge in [-0.05, 0) is 40.5 Å². The molecule has 0 spiro atoms. The van der Waals surface area contributed by atoms with Gasteiger partial charge in [-0.15, -0.1) is 0 Å². The second-order valence-corrected chi connectivity index (χ2v) is 12.3. The van der Waals surface area contributed by atoms with Crippen LogP contribution in [-0.2, 0) is 10.8 Å². The molecule has 0 amide bonds. The summed E-state index contributed by atoms with van der Waals surface area (Å²) in [5.74, 6) is 0. The van der Waals surface area contributed by atoms with Crippen LogP contribution in [0.3, 0.4) is 0 Å². The van der Waals surface area contributed by atoms with Gasteiger partial charge in [0.15, 0.2) is 11.4 Å². The molecular weight excluding hydrogens is 436 g/mol. The smallest absolute Gasteiger partial charge is 0.199 e. The molecule has 0 saturated heterocycles. The summed E-state index contributed by atoms with van der Waals surface area (Å²) in [5.41, 5.74) is 9.21. The molecule has 2 aliphatic rings. The van der Waals surface area contributed by atoms with Crippen molar-refractivity contribution in [3.8, 4) is 0 Å². The summed E-state index contributed by atoms with van der Waals surface area (Å²) in [6.45, 7) is 16.5. The Kier molecular flexibility index (Phi) is 8.53. The van der Waals surface area contributed by atoms with E-state index in [-0.39, 0.29) is 10.8 Å². The van der Waals surface area contributed by atoms with Crippen LogP contribution in [0.4, 0.5) is 11.4 Å². The third kappa shape index (κ3) is 5.38. The van der Waals surface area contributed by atoms with E-state index in [1.165, 1.54) is 111 Å². The van der Waals surface area contributed by atoms with Crippen molar-refractivity contribution in [2.45, 2.75) is 117 Å². The number of rotatable bonds is 13. The van der Waals surface area contributed by atoms with Gasteiger partial charge in [0.25, 0.3) is 0 Å². The molecule has 0 atom stereocenters. The van der Waals surface area contributed by atoms with Gasteiger partial charge in [0.05, 0.1) is 10.8 Å². The molecule has 0 N–H and O–H groups in total. The Morgan fingerprint density at radius 1 is 0.472 bits per heavy atom. The number of unbranched alkanes of at least 4 members (excludes halogenated alkanes) is 9. The highest BCUT2D eigenvalue weighted by Gasteiger charge is 2.43. The van der Waals surface area contributed by atoms with Crippen LogP contribution in [0.1, 0.15) is 117 Å². The normalized spacial score (nSPS) is 17.6. The molecule has 4 rings (SSSR count). The topological polar surface area (TPSA) is 6.02 Å². The summed E-state index contributed by atoms with van der Waals surface area (Å²) in [6.07, 6.45) is 13.7. The molecule has 2 aromatic carbocycles. The van der Waals surface area contributed by atoms with Gasteiger partial charge < -0.3 is 0 Å². The highest BCUT2D eigenvalue weighted by atomic mass is 15.1. The first-order chi connectivity index (χ1) is 17.3. The second-order valence-electron chi connectivity index (χ2n) is 12.3. The molecule has 2 aromatic rings. The van der Waals surface area contributed by atoms with E-state index < -0.39 is 0 Å². The van der Waals surface area contributed by atoms with Gasteiger partial charge in [0.2, 0.25) is 11.4 Å². The van der Waals surface area contributed by atoms with Gasteiger partial charge in [-0.3, -0.25) is 0 Å². The largest absolute Gasteiger partial charge is 0.209 e. The SMILES string of the molecule is CC1=[N+](CCCCCCCCCCCC[N+]2=C(C)C(C)(C)c3ccccc32)c2ccccc2C1(C)C. The molecule has 0 aliphatic carbocycles. The van der Waals surface area contributed by atoms with Gasteiger partial charge in [-0.1, -0.05) is 74.9 Å². The molecule has 0 aromatic heterocycles. The van der Waals surface area contributed by atoms with Crippen molar-refractivity contribution in [2.24, 2.45) is 0 Å². The van der Waals surface area contributed by atoms with Crippen LogP contribution in [0.15, 0.2) is 48.5 Å². The lowest BCUT2D eigenvalue weighted by molar-refractivity contribution is -0.439. The van der Waals surface area contributed by atoms with Crippen LogP contribution in [0.2, 0.25) is 0 Å². The number of hydrogen-bond acceptors (Lipinski definition) is 0. The Balaban J connectivity index is 1.06. The zero-order chi connectivity index (χ0) is 25.8. The van der Waals surface area contributed by atoms with Crippen molar-refractivity contribution >= 4 is 22.8 Å². The standard InChI is InChI=1S/C34H50N2/c1-27-33(3,4)29-21-15-17-23-31(29)35(27)25-19-13-11-9-7-8-10-12-14-20-26-36-28(2)34(5,6)30-22-16-18-24-32(30)36/h15-18,21-24H,7-14,19-20,25-26H2,1-6H3/q+2. The predicted octanol–water partition coefficient (Wildman–Crippen LogP) is 9.08. The minimum Gasteiger partial charge on any atom is -0.199 e. The Morgan fingerprint density at radius 3 is 1.14 bits per heavy atom. The van der Waals surface area contributed by atoms with Crippen molar-refractivity contribution < 1.29 is 9.15 Å². The van der Waals surface area contributed by atoms with E-state index in [1.54, 1.807) is 0 Å². The lowest BCUT2D eigenvalue weighted by Gasteiger charge is -2.14. The number of benzene rings is 2. The van der Waals surface area contributed by atoms with Crippen LogP contribution < -0.4 is 0 Å². The molecule has 0 saturated carbocycles. The first-order valence-corrected chi connectivity index (χ1v) is 14.7. The highest BCUT2D eigenvalue weighted by Crippen LogP contribution is 2.40.